The molecule has 0 bridgehead atoms. The number of ether oxygens (including phenoxy) is 1. The van der Waals surface area contributed by atoms with Crippen molar-refractivity contribution in [3.8, 4) is 11.5 Å². The van der Waals surface area contributed by atoms with Crippen LogP contribution in [0.2, 0.25) is 0 Å². The van der Waals surface area contributed by atoms with Crippen molar-refractivity contribution in [3.05, 3.63) is 58.1 Å². The summed E-state index contributed by atoms with van der Waals surface area (Å²) in [7, 11) is 0. The van der Waals surface area contributed by atoms with Crippen LogP contribution in [0.3, 0.4) is 0 Å². The maximum absolute atomic E-state index is 5.90. The van der Waals surface area contributed by atoms with Gasteiger partial charge < -0.3 is 4.74 Å². The van der Waals surface area contributed by atoms with Gasteiger partial charge in [0.25, 0.3) is 0 Å². The molecule has 2 aromatic rings. The lowest BCUT2D eigenvalue weighted by atomic mass is 10.2. The molecule has 0 amide bonds. The van der Waals surface area contributed by atoms with Crippen LogP contribution in [0.15, 0.2) is 46.9 Å². The molecule has 2 aromatic carbocycles. The number of hydrogen-bond donors (Lipinski definition) is 0. The van der Waals surface area contributed by atoms with Crippen LogP contribution in [-0.2, 0) is 5.88 Å². The van der Waals surface area contributed by atoms with Gasteiger partial charge in [-0.1, -0.05) is 40.2 Å². The lowest BCUT2D eigenvalue weighted by molar-refractivity contribution is 0.474. The minimum atomic E-state index is 0.448. The maximum atomic E-state index is 5.90. The Balaban J connectivity index is 2.34. The van der Waals surface area contributed by atoms with Gasteiger partial charge in [-0.3, -0.25) is 0 Å². The third-order valence-corrected chi connectivity index (χ3v) is 3.27. The normalized spacial score (nSPS) is 10.3. The molecule has 0 aromatic heterocycles. The molecule has 0 atom stereocenters. The first kappa shape index (κ1) is 12.5. The summed E-state index contributed by atoms with van der Waals surface area (Å²) in [4.78, 5) is 0. The zero-order valence-electron chi connectivity index (χ0n) is 9.41. The molecule has 2 rings (SSSR count). The van der Waals surface area contributed by atoms with Gasteiger partial charge >= 0.3 is 0 Å². The van der Waals surface area contributed by atoms with Crippen LogP contribution in [0.5, 0.6) is 11.5 Å². The number of benzene rings is 2. The highest BCUT2D eigenvalue weighted by atomic mass is 79.9. The van der Waals surface area contributed by atoms with Crippen LogP contribution >= 0.6 is 27.5 Å². The fourth-order valence-electron chi connectivity index (χ4n) is 1.52. The van der Waals surface area contributed by atoms with Gasteiger partial charge in [-0.2, -0.15) is 0 Å². The van der Waals surface area contributed by atoms with Crippen molar-refractivity contribution >= 4 is 27.5 Å². The van der Waals surface area contributed by atoms with Crippen LogP contribution < -0.4 is 4.74 Å². The largest absolute Gasteiger partial charge is 0.457 e. The van der Waals surface area contributed by atoms with Crippen molar-refractivity contribution in [3.63, 3.8) is 0 Å². The first-order valence-corrected chi connectivity index (χ1v) is 6.61. The van der Waals surface area contributed by atoms with E-state index in [1.54, 1.807) is 0 Å². The van der Waals surface area contributed by atoms with Crippen molar-refractivity contribution in [2.75, 3.05) is 0 Å². The number of halogens is 2. The predicted molar refractivity (Wildman–Crippen MR) is 75.0 cm³/mol. The molecule has 0 heterocycles. The Morgan fingerprint density at radius 1 is 1.12 bits per heavy atom. The van der Waals surface area contributed by atoms with Gasteiger partial charge in [0.2, 0.25) is 0 Å². The number of alkyl halides is 1. The zero-order valence-corrected chi connectivity index (χ0v) is 11.8. The van der Waals surface area contributed by atoms with Gasteiger partial charge in [0, 0.05) is 10.0 Å². The van der Waals surface area contributed by atoms with Crippen molar-refractivity contribution in [2.45, 2.75) is 12.8 Å². The van der Waals surface area contributed by atoms with Gasteiger partial charge in [0.15, 0.2) is 0 Å². The molecule has 0 radical (unpaired) electrons. The summed E-state index contributed by atoms with van der Waals surface area (Å²) in [5, 5.41) is 0. The molecule has 0 saturated carbocycles. The molecule has 1 nitrogen and oxygen atoms in total. The maximum Gasteiger partial charge on any atom is 0.131 e. The first-order chi connectivity index (χ1) is 8.20. The second-order valence-electron chi connectivity index (χ2n) is 3.75. The average Bonchev–Trinajstić information content (AvgIpc) is 2.34. The summed E-state index contributed by atoms with van der Waals surface area (Å²) in [6, 6.07) is 13.8. The van der Waals surface area contributed by atoms with Gasteiger partial charge in [-0.25, -0.2) is 0 Å². The molecule has 0 aliphatic rings. The molecule has 0 spiro atoms. The standard InChI is InChI=1S/C14H12BrClO/c1-10-6-7-12(15)8-14(10)17-13-5-3-2-4-11(13)9-16/h2-8H,9H2,1H3. The first-order valence-electron chi connectivity index (χ1n) is 5.28. The molecule has 0 N–H and O–H groups in total. The van der Waals surface area contributed by atoms with Crippen LogP contribution in [0.1, 0.15) is 11.1 Å². The highest BCUT2D eigenvalue weighted by molar-refractivity contribution is 9.10. The number of para-hydroxylation sites is 1. The van der Waals surface area contributed by atoms with E-state index in [0.717, 1.165) is 27.1 Å². The van der Waals surface area contributed by atoms with E-state index in [4.69, 9.17) is 16.3 Å². The molecule has 17 heavy (non-hydrogen) atoms. The summed E-state index contributed by atoms with van der Waals surface area (Å²) < 4.78 is 6.90. The quantitative estimate of drug-likeness (QED) is 0.700. The third kappa shape index (κ3) is 3.02. The fourth-order valence-corrected chi connectivity index (χ4v) is 2.08. The van der Waals surface area contributed by atoms with E-state index >= 15 is 0 Å². The number of rotatable bonds is 3. The number of hydrogen-bond acceptors (Lipinski definition) is 1. The topological polar surface area (TPSA) is 9.23 Å². The Kier molecular flexibility index (Phi) is 4.08. The summed E-state index contributed by atoms with van der Waals surface area (Å²) in [6.45, 7) is 2.02. The molecule has 0 saturated heterocycles. The molecule has 0 aliphatic carbocycles. The van der Waals surface area contributed by atoms with E-state index in [0.29, 0.717) is 5.88 Å². The van der Waals surface area contributed by atoms with Crippen LogP contribution in [0, 0.1) is 6.92 Å². The fraction of sp³-hybridized carbons (Fsp3) is 0.143. The third-order valence-electron chi connectivity index (χ3n) is 2.49. The van der Waals surface area contributed by atoms with Crippen LogP contribution in [0.4, 0.5) is 0 Å². The molecule has 0 unspecified atom stereocenters. The summed E-state index contributed by atoms with van der Waals surface area (Å²) in [5.41, 5.74) is 2.09. The van der Waals surface area contributed by atoms with E-state index in [2.05, 4.69) is 15.9 Å². The highest BCUT2D eigenvalue weighted by Crippen LogP contribution is 2.30. The Labute approximate surface area is 115 Å². The SMILES string of the molecule is Cc1ccc(Br)cc1Oc1ccccc1CCl. The molecule has 0 aliphatic heterocycles. The van der Waals surface area contributed by atoms with Crippen molar-refractivity contribution in [2.24, 2.45) is 0 Å². The van der Waals surface area contributed by atoms with E-state index in [-0.39, 0.29) is 0 Å². The Bertz CT molecular complexity index is 525. The van der Waals surface area contributed by atoms with Gasteiger partial charge in [0.1, 0.15) is 11.5 Å². The number of aryl methyl sites for hydroxylation is 1. The average molecular weight is 312 g/mol. The second-order valence-corrected chi connectivity index (χ2v) is 4.94. The van der Waals surface area contributed by atoms with Gasteiger partial charge in [0.05, 0.1) is 5.88 Å². The Hall–Kier alpha value is -0.990. The predicted octanol–water partition coefficient (Wildman–Crippen LogP) is 5.29. The van der Waals surface area contributed by atoms with Crippen molar-refractivity contribution in [1.82, 2.24) is 0 Å². The van der Waals surface area contributed by atoms with E-state index in [9.17, 15) is 0 Å². The molecule has 88 valence electrons. The van der Waals surface area contributed by atoms with Gasteiger partial charge in [-0.15, -0.1) is 11.6 Å². The minimum absolute atomic E-state index is 0.448. The van der Waals surface area contributed by atoms with Crippen molar-refractivity contribution < 1.29 is 4.74 Å². The van der Waals surface area contributed by atoms with Gasteiger partial charge in [-0.05, 0) is 30.7 Å². The summed E-state index contributed by atoms with van der Waals surface area (Å²) >= 11 is 9.32. The lowest BCUT2D eigenvalue weighted by Gasteiger charge is -2.11. The smallest absolute Gasteiger partial charge is 0.131 e. The lowest BCUT2D eigenvalue weighted by Crippen LogP contribution is -1.91. The Morgan fingerprint density at radius 2 is 1.88 bits per heavy atom. The monoisotopic (exact) mass is 310 g/mol. The van der Waals surface area contributed by atoms with Crippen LogP contribution in [0.25, 0.3) is 0 Å². The molecular formula is C14H12BrClO. The zero-order chi connectivity index (χ0) is 12.3. The summed E-state index contributed by atoms with van der Waals surface area (Å²) in [5.74, 6) is 2.10. The Morgan fingerprint density at radius 3 is 2.65 bits per heavy atom. The summed E-state index contributed by atoms with van der Waals surface area (Å²) in [6.07, 6.45) is 0. The van der Waals surface area contributed by atoms with Crippen LogP contribution in [-0.4, -0.2) is 0 Å². The molecular weight excluding hydrogens is 300 g/mol. The minimum Gasteiger partial charge on any atom is -0.457 e. The van der Waals surface area contributed by atoms with E-state index < -0.39 is 0 Å². The van der Waals surface area contributed by atoms with E-state index in [1.807, 2.05) is 49.4 Å². The molecule has 0 fully saturated rings. The second kappa shape index (κ2) is 5.56. The highest BCUT2D eigenvalue weighted by Gasteiger charge is 2.06. The van der Waals surface area contributed by atoms with E-state index in [1.165, 1.54) is 0 Å². The molecule has 3 heteroatoms. The van der Waals surface area contributed by atoms with Crippen molar-refractivity contribution in [1.29, 1.82) is 0 Å².